The molecular weight excluding hydrogens is 541 g/mol. The van der Waals surface area contributed by atoms with Gasteiger partial charge in [-0.05, 0) is 57.8 Å². The second-order valence-electron chi connectivity index (χ2n) is 9.19. The van der Waals surface area contributed by atoms with E-state index < -0.39 is 19.9 Å². The number of phosphoric acid groups is 1. The van der Waals surface area contributed by atoms with Gasteiger partial charge in [-0.2, -0.15) is 0 Å². The quantitative estimate of drug-likeness (QED) is 0.0430. The first-order valence-corrected chi connectivity index (χ1v) is 16.4. The van der Waals surface area contributed by atoms with Crippen LogP contribution in [0.2, 0.25) is 0 Å². The number of phosphoric ester groups is 1. The lowest BCUT2D eigenvalue weighted by atomic mass is 10.2. The largest absolute Gasteiger partial charge is 0.472 e. The van der Waals surface area contributed by atoms with Gasteiger partial charge in [0.25, 0.3) is 0 Å². The number of carbonyl (C=O) groups excluding carboxylic acids is 1. The highest BCUT2D eigenvalue weighted by atomic mass is 31.2. The van der Waals surface area contributed by atoms with Crippen LogP contribution >= 0.6 is 7.82 Å². The minimum Gasteiger partial charge on any atom is -0.457 e. The van der Waals surface area contributed by atoms with Crippen LogP contribution in [0.15, 0.2) is 72.9 Å². The van der Waals surface area contributed by atoms with Crippen molar-refractivity contribution in [2.75, 3.05) is 33.0 Å². The van der Waals surface area contributed by atoms with Crippen molar-refractivity contribution in [3.05, 3.63) is 72.9 Å². The smallest absolute Gasteiger partial charge is 0.457 e. The first kappa shape index (κ1) is 38.9. The molecule has 2 atom stereocenters. The topological polar surface area (TPSA) is 117 Å². The Kier molecular flexibility index (Phi) is 28.0. The fourth-order valence-electron chi connectivity index (χ4n) is 3.27. The normalized spacial score (nSPS) is 14.9. The predicted octanol–water partition coefficient (Wildman–Crippen LogP) is 7.68. The van der Waals surface area contributed by atoms with Gasteiger partial charge < -0.3 is 20.1 Å². The Hall–Kier alpha value is -2.06. The van der Waals surface area contributed by atoms with E-state index in [9.17, 15) is 14.3 Å². The van der Waals surface area contributed by atoms with Gasteiger partial charge in [-0.15, -0.1) is 0 Å². The SMILES string of the molecule is CC/C=C\C/C=C\C/C=C\C/C=C\C/C=C\C/C=C\CCCCCOCC(COP(=O)(O)OCCN)OC(=O)CC. The molecule has 41 heavy (non-hydrogen) atoms. The maximum atomic E-state index is 11.8. The summed E-state index contributed by atoms with van der Waals surface area (Å²) in [6.07, 6.45) is 35.7. The lowest BCUT2D eigenvalue weighted by molar-refractivity contribution is -0.154. The van der Waals surface area contributed by atoms with Gasteiger partial charge in [0.2, 0.25) is 0 Å². The van der Waals surface area contributed by atoms with Crippen molar-refractivity contribution in [1.82, 2.24) is 0 Å². The zero-order valence-electron chi connectivity index (χ0n) is 25.2. The highest BCUT2D eigenvalue weighted by Gasteiger charge is 2.24. The molecule has 8 nitrogen and oxygen atoms in total. The minimum absolute atomic E-state index is 0.0791. The fourth-order valence-corrected chi connectivity index (χ4v) is 4.03. The molecule has 0 heterocycles. The van der Waals surface area contributed by atoms with Gasteiger partial charge in [-0.25, -0.2) is 4.57 Å². The van der Waals surface area contributed by atoms with E-state index in [2.05, 4.69) is 84.4 Å². The summed E-state index contributed by atoms with van der Waals surface area (Å²) in [6.45, 7) is 4.08. The van der Waals surface area contributed by atoms with E-state index in [1.54, 1.807) is 6.92 Å². The van der Waals surface area contributed by atoms with E-state index in [1.165, 1.54) is 0 Å². The van der Waals surface area contributed by atoms with Gasteiger partial charge in [0.15, 0.2) is 0 Å². The molecule has 0 amide bonds. The number of unbranched alkanes of at least 4 members (excludes halogenated alkanes) is 3. The van der Waals surface area contributed by atoms with Crippen LogP contribution in [0.1, 0.15) is 84.5 Å². The van der Waals surface area contributed by atoms with E-state index >= 15 is 0 Å². The number of esters is 1. The van der Waals surface area contributed by atoms with Crippen LogP contribution in [-0.4, -0.2) is 49.9 Å². The van der Waals surface area contributed by atoms with Crippen LogP contribution in [0, 0.1) is 0 Å². The number of allylic oxidation sites excluding steroid dienone is 12. The maximum absolute atomic E-state index is 11.8. The first-order valence-electron chi connectivity index (χ1n) is 14.9. The summed E-state index contributed by atoms with van der Waals surface area (Å²) < 4.78 is 32.2. The average Bonchev–Trinajstić information content (AvgIpc) is 2.96. The molecule has 0 spiro atoms. The molecule has 0 aliphatic heterocycles. The lowest BCUT2D eigenvalue weighted by Gasteiger charge is -2.19. The highest BCUT2D eigenvalue weighted by molar-refractivity contribution is 7.47. The Morgan fingerprint density at radius 3 is 1.78 bits per heavy atom. The zero-order chi connectivity index (χ0) is 30.3. The standard InChI is InChI=1S/C32H54NO7P/c1-3-5-6-7-8-9-10-11-12-13-14-15-16-17-18-19-20-21-22-23-24-25-27-37-29-31(40-32(34)4-2)30-39-41(35,36)38-28-26-33/h5-6,8-9,11-12,14-15,17-18,20-21,31H,3-4,7,10,13,16,19,22-30,33H2,1-2H3,(H,35,36)/b6-5-,9-8-,12-11-,15-14-,18-17-,21-20-. The Balaban J connectivity index is 3.84. The van der Waals surface area contributed by atoms with E-state index in [0.717, 1.165) is 64.2 Å². The number of nitrogens with two attached hydrogens (primary N) is 1. The molecule has 0 aromatic carbocycles. The summed E-state index contributed by atoms with van der Waals surface area (Å²) in [4.78, 5) is 21.2. The first-order chi connectivity index (χ1) is 19.9. The van der Waals surface area contributed by atoms with Gasteiger partial charge in [0, 0.05) is 19.6 Å². The summed E-state index contributed by atoms with van der Waals surface area (Å²) in [7, 11) is -4.24. The molecule has 0 saturated heterocycles. The summed E-state index contributed by atoms with van der Waals surface area (Å²) in [6, 6.07) is 0. The minimum atomic E-state index is -4.24. The van der Waals surface area contributed by atoms with Crippen molar-refractivity contribution < 1.29 is 32.8 Å². The number of rotatable bonds is 27. The molecule has 0 aromatic heterocycles. The molecule has 0 radical (unpaired) electrons. The Bertz CT molecular complexity index is 849. The number of hydrogen-bond acceptors (Lipinski definition) is 7. The molecule has 0 aliphatic rings. The number of carbonyl (C=O) groups is 1. The summed E-state index contributed by atoms with van der Waals surface area (Å²) in [5.74, 6) is -0.436. The second-order valence-corrected chi connectivity index (χ2v) is 10.6. The molecule has 0 rings (SSSR count). The van der Waals surface area contributed by atoms with Crippen molar-refractivity contribution in [1.29, 1.82) is 0 Å². The molecule has 234 valence electrons. The number of hydrogen-bond donors (Lipinski definition) is 2. The summed E-state index contributed by atoms with van der Waals surface area (Å²) in [5, 5.41) is 0. The van der Waals surface area contributed by atoms with Gasteiger partial charge in [-0.1, -0.05) is 93.2 Å². The molecule has 9 heteroatoms. The lowest BCUT2D eigenvalue weighted by Crippen LogP contribution is -2.28. The van der Waals surface area contributed by atoms with Crippen LogP contribution in [-0.2, 0) is 27.9 Å². The van der Waals surface area contributed by atoms with E-state index in [4.69, 9.17) is 19.7 Å². The van der Waals surface area contributed by atoms with Crippen LogP contribution < -0.4 is 5.73 Å². The predicted molar refractivity (Wildman–Crippen MR) is 168 cm³/mol. The van der Waals surface area contributed by atoms with Crippen molar-refractivity contribution in [2.45, 2.75) is 90.6 Å². The molecule has 0 bridgehead atoms. The molecule has 0 aromatic rings. The van der Waals surface area contributed by atoms with Crippen LogP contribution in [0.5, 0.6) is 0 Å². The molecular formula is C32H54NO7P. The zero-order valence-corrected chi connectivity index (χ0v) is 26.1. The molecule has 0 fully saturated rings. The molecule has 0 saturated carbocycles. The monoisotopic (exact) mass is 595 g/mol. The maximum Gasteiger partial charge on any atom is 0.472 e. The Morgan fingerprint density at radius 2 is 1.27 bits per heavy atom. The van der Waals surface area contributed by atoms with Crippen LogP contribution in [0.3, 0.4) is 0 Å². The van der Waals surface area contributed by atoms with Crippen molar-refractivity contribution in [2.24, 2.45) is 5.73 Å². The summed E-state index contributed by atoms with van der Waals surface area (Å²) in [5.41, 5.74) is 5.26. The van der Waals surface area contributed by atoms with Gasteiger partial charge in [0.05, 0.1) is 19.8 Å². The van der Waals surface area contributed by atoms with Crippen molar-refractivity contribution in [3.8, 4) is 0 Å². The van der Waals surface area contributed by atoms with Crippen LogP contribution in [0.4, 0.5) is 0 Å². The molecule has 2 unspecified atom stereocenters. The summed E-state index contributed by atoms with van der Waals surface area (Å²) >= 11 is 0. The Labute approximate surface area is 248 Å². The third kappa shape index (κ3) is 29.2. The van der Waals surface area contributed by atoms with E-state index in [-0.39, 0.29) is 32.8 Å². The molecule has 0 aliphatic carbocycles. The number of ether oxygens (including phenoxy) is 2. The van der Waals surface area contributed by atoms with Gasteiger partial charge >= 0.3 is 13.8 Å². The average molecular weight is 596 g/mol. The third-order valence-corrected chi connectivity index (χ3v) is 6.43. The second kappa shape index (κ2) is 29.4. The van der Waals surface area contributed by atoms with Crippen LogP contribution in [0.25, 0.3) is 0 Å². The van der Waals surface area contributed by atoms with Gasteiger partial charge in [-0.3, -0.25) is 13.8 Å². The molecule has 3 N–H and O–H groups in total. The van der Waals surface area contributed by atoms with Crippen molar-refractivity contribution in [3.63, 3.8) is 0 Å². The van der Waals surface area contributed by atoms with E-state index in [1.807, 2.05) is 0 Å². The van der Waals surface area contributed by atoms with Gasteiger partial charge in [0.1, 0.15) is 6.10 Å². The fraction of sp³-hybridized carbons (Fsp3) is 0.594. The highest BCUT2D eigenvalue weighted by Crippen LogP contribution is 2.43. The van der Waals surface area contributed by atoms with E-state index in [0.29, 0.717) is 6.61 Å². The third-order valence-electron chi connectivity index (χ3n) is 5.44. The Morgan fingerprint density at radius 1 is 0.732 bits per heavy atom. The van der Waals surface area contributed by atoms with Crippen molar-refractivity contribution >= 4 is 13.8 Å².